The number of unbranched alkanes of at least 4 members (excludes halogenated alkanes) is 4. The van der Waals surface area contributed by atoms with Gasteiger partial charge in [0.15, 0.2) is 11.9 Å². The minimum atomic E-state index is -1.65. The second-order valence-corrected chi connectivity index (χ2v) is 15.7. The second-order valence-electron chi connectivity index (χ2n) is 14.6. The number of amides is 2. The van der Waals surface area contributed by atoms with E-state index in [4.69, 9.17) is 4.74 Å². The molecule has 0 unspecified atom stereocenters. The summed E-state index contributed by atoms with van der Waals surface area (Å²) in [7, 11) is 0. The van der Waals surface area contributed by atoms with Crippen molar-refractivity contribution in [3.05, 3.63) is 124 Å². The Labute approximate surface area is 327 Å². The number of nitrogens with zero attached hydrogens (tertiary/aromatic N) is 2. The lowest BCUT2D eigenvalue weighted by Crippen LogP contribution is -2.54. The number of rotatable bonds is 18. The standard InChI is InChI=1S/C44H50N4O6S/c1-5-6-7-8-12-25-54-34-21-19-30(20-22-34)33-27-45-40(46-28-33)32-17-15-29(16-18-32)26-35(47-42(51)36-23-24-37(55-36)44(2,3)4)41(50)48-38(43(52)53)39(49)31-13-10-9-11-14-31/h9-11,13-24,27-28,35,38-39,49H,5-8,12,25-26H2,1-4H3,(H,47,51)(H,48,50)(H,52,53)/t35-,38-,39+/m0/s1. The zero-order valence-corrected chi connectivity index (χ0v) is 32.6. The van der Waals surface area contributed by atoms with E-state index in [-0.39, 0.29) is 11.8 Å². The fourth-order valence-electron chi connectivity index (χ4n) is 5.96. The highest BCUT2D eigenvalue weighted by atomic mass is 32.1. The number of aromatic nitrogens is 2. The van der Waals surface area contributed by atoms with Crippen molar-refractivity contribution in [3.8, 4) is 28.3 Å². The second kappa shape index (κ2) is 19.3. The van der Waals surface area contributed by atoms with E-state index in [1.54, 1.807) is 48.8 Å². The zero-order valence-electron chi connectivity index (χ0n) is 31.8. The maximum Gasteiger partial charge on any atom is 0.329 e. The molecule has 2 amide bonds. The normalized spacial score (nSPS) is 13.0. The fraction of sp³-hybridized carbons (Fsp3) is 0.341. The molecule has 3 atom stereocenters. The summed E-state index contributed by atoms with van der Waals surface area (Å²) in [6, 6.07) is 24.3. The van der Waals surface area contributed by atoms with Crippen molar-refractivity contribution in [2.24, 2.45) is 0 Å². The Hall–Kier alpha value is -5.39. The lowest BCUT2D eigenvalue weighted by Gasteiger charge is -2.24. The van der Waals surface area contributed by atoms with Crippen LogP contribution in [0.3, 0.4) is 0 Å². The first-order valence-electron chi connectivity index (χ1n) is 18.7. The molecule has 4 N–H and O–H groups in total. The van der Waals surface area contributed by atoms with Crippen LogP contribution in [0, 0.1) is 0 Å². The largest absolute Gasteiger partial charge is 0.494 e. The lowest BCUT2D eigenvalue weighted by molar-refractivity contribution is -0.145. The Kier molecular flexibility index (Phi) is 14.3. The van der Waals surface area contributed by atoms with Gasteiger partial charge in [-0.15, -0.1) is 11.3 Å². The molecule has 288 valence electrons. The number of aliphatic hydroxyl groups is 1. The molecule has 5 rings (SSSR count). The van der Waals surface area contributed by atoms with Crippen LogP contribution in [0.4, 0.5) is 0 Å². The molecule has 0 saturated heterocycles. The molecule has 2 heterocycles. The number of aliphatic carboxylic acids is 1. The van der Waals surface area contributed by atoms with Crippen molar-refractivity contribution in [3.63, 3.8) is 0 Å². The van der Waals surface area contributed by atoms with Crippen LogP contribution < -0.4 is 15.4 Å². The lowest BCUT2D eigenvalue weighted by atomic mass is 9.95. The number of hydrogen-bond acceptors (Lipinski definition) is 8. The van der Waals surface area contributed by atoms with E-state index in [1.165, 1.54) is 37.0 Å². The first-order chi connectivity index (χ1) is 26.4. The minimum Gasteiger partial charge on any atom is -0.494 e. The van der Waals surface area contributed by atoms with Gasteiger partial charge in [0.1, 0.15) is 17.9 Å². The highest BCUT2D eigenvalue weighted by molar-refractivity contribution is 7.14. The molecular formula is C44H50N4O6S. The van der Waals surface area contributed by atoms with Crippen LogP contribution in [-0.2, 0) is 21.4 Å². The van der Waals surface area contributed by atoms with Crippen LogP contribution in [0.25, 0.3) is 22.5 Å². The van der Waals surface area contributed by atoms with Crippen LogP contribution in [0.5, 0.6) is 5.75 Å². The molecule has 0 aliphatic heterocycles. The zero-order chi connectivity index (χ0) is 39.4. The third-order valence-electron chi connectivity index (χ3n) is 9.22. The van der Waals surface area contributed by atoms with Crippen molar-refractivity contribution in [2.75, 3.05) is 6.61 Å². The number of benzene rings is 3. The van der Waals surface area contributed by atoms with Gasteiger partial charge in [-0.3, -0.25) is 9.59 Å². The van der Waals surface area contributed by atoms with Crippen molar-refractivity contribution in [1.82, 2.24) is 20.6 Å². The molecule has 5 aromatic rings. The SMILES string of the molecule is CCCCCCCOc1ccc(-c2cnc(-c3ccc(C[C@H](NC(=O)c4ccc(C(C)(C)C)s4)C(=O)N[C@H](C(=O)O)[C@H](O)c4ccccc4)cc3)nc2)cc1. The van der Waals surface area contributed by atoms with Gasteiger partial charge in [0.05, 0.1) is 11.5 Å². The number of thiophene rings is 1. The Balaban J connectivity index is 1.27. The molecular weight excluding hydrogens is 713 g/mol. The van der Waals surface area contributed by atoms with Gasteiger partial charge in [-0.25, -0.2) is 14.8 Å². The highest BCUT2D eigenvalue weighted by Crippen LogP contribution is 2.30. The number of carbonyl (C=O) groups is 3. The van der Waals surface area contributed by atoms with Gasteiger partial charge in [0.2, 0.25) is 5.91 Å². The first kappa shape index (κ1) is 40.8. The van der Waals surface area contributed by atoms with E-state index in [0.29, 0.717) is 28.4 Å². The fourth-order valence-corrected chi connectivity index (χ4v) is 6.93. The molecule has 0 radical (unpaired) electrons. The maximum atomic E-state index is 13.8. The molecule has 2 aromatic heterocycles. The van der Waals surface area contributed by atoms with E-state index in [9.17, 15) is 24.6 Å². The van der Waals surface area contributed by atoms with Gasteiger partial charge >= 0.3 is 5.97 Å². The molecule has 0 bridgehead atoms. The molecule has 3 aromatic carbocycles. The Morgan fingerprint density at radius 2 is 1.44 bits per heavy atom. The number of aliphatic hydroxyl groups excluding tert-OH is 1. The highest BCUT2D eigenvalue weighted by Gasteiger charge is 2.33. The summed E-state index contributed by atoms with van der Waals surface area (Å²) in [5.74, 6) is -1.25. The molecule has 55 heavy (non-hydrogen) atoms. The van der Waals surface area contributed by atoms with Gasteiger partial charge in [-0.2, -0.15) is 0 Å². The first-order valence-corrected chi connectivity index (χ1v) is 19.6. The van der Waals surface area contributed by atoms with Crippen LogP contribution >= 0.6 is 11.3 Å². The number of carbonyl (C=O) groups excluding carboxylic acids is 2. The summed E-state index contributed by atoms with van der Waals surface area (Å²) < 4.78 is 5.90. The Morgan fingerprint density at radius 1 is 0.782 bits per heavy atom. The predicted octanol–water partition coefficient (Wildman–Crippen LogP) is 8.16. The summed E-state index contributed by atoms with van der Waals surface area (Å²) in [6.07, 6.45) is 8.04. The van der Waals surface area contributed by atoms with Gasteiger partial charge in [0.25, 0.3) is 5.91 Å². The van der Waals surface area contributed by atoms with Crippen LogP contribution in [0.2, 0.25) is 0 Å². The monoisotopic (exact) mass is 762 g/mol. The minimum absolute atomic E-state index is 0.0570. The Morgan fingerprint density at radius 3 is 2.05 bits per heavy atom. The third kappa shape index (κ3) is 11.6. The van der Waals surface area contributed by atoms with Crippen molar-refractivity contribution in [1.29, 1.82) is 0 Å². The van der Waals surface area contributed by atoms with E-state index >= 15 is 0 Å². The molecule has 0 spiro atoms. The van der Waals surface area contributed by atoms with Crippen LogP contribution in [-0.4, -0.2) is 56.7 Å². The summed E-state index contributed by atoms with van der Waals surface area (Å²) in [4.78, 5) is 50.1. The van der Waals surface area contributed by atoms with Gasteiger partial charge in [-0.05, 0) is 52.8 Å². The molecule has 0 saturated carbocycles. The predicted molar refractivity (Wildman–Crippen MR) is 216 cm³/mol. The van der Waals surface area contributed by atoms with Crippen LogP contribution in [0.15, 0.2) is 103 Å². The van der Waals surface area contributed by atoms with Gasteiger partial charge in [0, 0.05) is 34.8 Å². The summed E-state index contributed by atoms with van der Waals surface area (Å²) in [5, 5.41) is 26.2. The maximum absolute atomic E-state index is 13.8. The summed E-state index contributed by atoms with van der Waals surface area (Å²) >= 11 is 1.34. The van der Waals surface area contributed by atoms with E-state index in [1.807, 2.05) is 54.6 Å². The number of nitrogens with one attached hydrogen (secondary N) is 2. The number of carboxylic acids is 1. The molecule has 0 aliphatic rings. The number of carboxylic acid groups (broad SMARTS) is 1. The van der Waals surface area contributed by atoms with Crippen molar-refractivity contribution in [2.45, 2.75) is 89.8 Å². The topological polar surface area (TPSA) is 151 Å². The molecule has 10 nitrogen and oxygen atoms in total. The quantitative estimate of drug-likeness (QED) is 0.0654. The van der Waals surface area contributed by atoms with Crippen molar-refractivity contribution < 1.29 is 29.3 Å². The summed E-state index contributed by atoms with van der Waals surface area (Å²) in [6.45, 7) is 9.07. The van der Waals surface area contributed by atoms with E-state index < -0.39 is 36.0 Å². The van der Waals surface area contributed by atoms with E-state index in [0.717, 1.165) is 33.7 Å². The smallest absolute Gasteiger partial charge is 0.329 e. The average Bonchev–Trinajstić information content (AvgIpc) is 3.71. The van der Waals surface area contributed by atoms with E-state index in [2.05, 4.69) is 48.3 Å². The Bertz CT molecular complexity index is 1990. The molecule has 0 fully saturated rings. The average molecular weight is 763 g/mol. The molecule has 0 aliphatic carbocycles. The number of ether oxygens (including phenoxy) is 1. The van der Waals surface area contributed by atoms with Crippen LogP contribution in [0.1, 0.15) is 91.6 Å². The summed E-state index contributed by atoms with van der Waals surface area (Å²) in [5.41, 5.74) is 3.48. The third-order valence-corrected chi connectivity index (χ3v) is 10.7. The van der Waals surface area contributed by atoms with Gasteiger partial charge < -0.3 is 25.6 Å². The van der Waals surface area contributed by atoms with Crippen molar-refractivity contribution >= 4 is 29.1 Å². The van der Waals surface area contributed by atoms with Gasteiger partial charge in [-0.1, -0.05) is 120 Å². The molecule has 11 heteroatoms. The number of hydrogen-bond donors (Lipinski definition) is 4.